The van der Waals surface area contributed by atoms with Crippen LogP contribution in [0.3, 0.4) is 0 Å². The zero-order valence-electron chi connectivity index (χ0n) is 23.4. The molecular formula is C24H57N2O6Si2+. The molecule has 10 heteroatoms. The first kappa shape index (κ1) is 34.1. The molecule has 0 aromatic rings. The van der Waals surface area contributed by atoms with E-state index in [-0.39, 0.29) is 6.10 Å². The fourth-order valence-corrected chi connectivity index (χ4v) is 13.1. The number of hydrogen-bond acceptors (Lipinski definition) is 7. The van der Waals surface area contributed by atoms with Crippen molar-refractivity contribution in [3.8, 4) is 0 Å². The maximum atomic E-state index is 10.3. The third kappa shape index (κ3) is 19.3. The number of nitrogens with one attached hydrogen (secondary N) is 1. The van der Waals surface area contributed by atoms with E-state index in [0.717, 1.165) is 37.9 Å². The normalized spacial score (nSPS) is 16.0. The lowest BCUT2D eigenvalue weighted by Crippen LogP contribution is -2.50. The Morgan fingerprint density at radius 1 is 0.794 bits per heavy atom. The largest absolute Gasteiger partial charge is 0.455 e. The van der Waals surface area contributed by atoms with Crippen LogP contribution in [-0.2, 0) is 13.6 Å². The van der Waals surface area contributed by atoms with Crippen molar-refractivity contribution in [2.45, 2.75) is 89.2 Å². The Bertz CT molecular complexity index is 512. The van der Waals surface area contributed by atoms with E-state index in [1.807, 2.05) is 28.1 Å². The van der Waals surface area contributed by atoms with Crippen molar-refractivity contribution in [1.29, 1.82) is 0 Å². The molecule has 3 unspecified atom stereocenters. The van der Waals surface area contributed by atoms with Crippen molar-refractivity contribution in [3.05, 3.63) is 0 Å². The quantitative estimate of drug-likeness (QED) is 0.0978. The van der Waals surface area contributed by atoms with Crippen LogP contribution in [0.25, 0.3) is 0 Å². The lowest BCUT2D eigenvalue weighted by molar-refractivity contribution is -0.896. The zero-order valence-corrected chi connectivity index (χ0v) is 25.4. The van der Waals surface area contributed by atoms with Crippen molar-refractivity contribution in [2.24, 2.45) is 0 Å². The van der Waals surface area contributed by atoms with Gasteiger partial charge in [-0.1, -0.05) is 6.92 Å². The Morgan fingerprint density at radius 3 is 1.74 bits per heavy atom. The zero-order chi connectivity index (χ0) is 26.3. The van der Waals surface area contributed by atoms with Gasteiger partial charge in [-0.25, -0.2) is 0 Å². The maximum Gasteiger partial charge on any atom is 0.173 e. The van der Waals surface area contributed by atoms with Crippen LogP contribution in [0.5, 0.6) is 0 Å². The van der Waals surface area contributed by atoms with Gasteiger partial charge in [-0.3, -0.25) is 0 Å². The summed E-state index contributed by atoms with van der Waals surface area (Å²) in [6, 6.07) is 2.09. The van der Waals surface area contributed by atoms with Gasteiger partial charge in [-0.2, -0.15) is 0 Å². The molecule has 0 rings (SSSR count). The average molecular weight is 526 g/mol. The Hall–Kier alpha value is 0.114. The van der Waals surface area contributed by atoms with Crippen LogP contribution < -0.4 is 5.32 Å². The summed E-state index contributed by atoms with van der Waals surface area (Å²) < 4.78 is 18.6. The molecule has 0 aromatic heterocycles. The molecule has 0 aliphatic rings. The van der Waals surface area contributed by atoms with E-state index in [4.69, 9.17) is 13.6 Å². The molecule has 0 saturated carbocycles. The Labute approximate surface area is 211 Å². The second kappa shape index (κ2) is 17.5. The number of aliphatic hydroxyl groups is 3. The van der Waals surface area contributed by atoms with E-state index in [9.17, 15) is 15.3 Å². The van der Waals surface area contributed by atoms with Crippen molar-refractivity contribution < 1.29 is 33.4 Å². The SMILES string of the molecule is CCC(O)C[N+](C)(C)CC(O)COCCC[Si](C)(C)O[Si](C)(C)CCCOCC(O)CCNC. The molecule has 0 radical (unpaired) electrons. The predicted octanol–water partition coefficient (Wildman–Crippen LogP) is 2.41. The highest BCUT2D eigenvalue weighted by Crippen LogP contribution is 2.24. The van der Waals surface area contributed by atoms with Crippen molar-refractivity contribution in [1.82, 2.24) is 5.32 Å². The summed E-state index contributed by atoms with van der Waals surface area (Å²) in [5.74, 6) is 0. The molecule has 0 amide bonds. The average Bonchev–Trinajstić information content (AvgIpc) is 2.69. The fourth-order valence-electron chi connectivity index (χ4n) is 4.28. The van der Waals surface area contributed by atoms with Gasteiger partial charge >= 0.3 is 0 Å². The summed E-state index contributed by atoms with van der Waals surface area (Å²) in [6.07, 6.45) is 2.08. The molecule has 0 heterocycles. The van der Waals surface area contributed by atoms with Crippen LogP contribution in [0.1, 0.15) is 32.6 Å². The first-order chi connectivity index (χ1) is 15.7. The molecule has 4 N–H and O–H groups in total. The molecule has 0 aromatic carbocycles. The van der Waals surface area contributed by atoms with Crippen LogP contribution >= 0.6 is 0 Å². The van der Waals surface area contributed by atoms with Crippen LogP contribution in [0.15, 0.2) is 0 Å². The number of nitrogens with zero attached hydrogens (tertiary/aromatic N) is 1. The van der Waals surface area contributed by atoms with E-state index in [1.165, 1.54) is 0 Å². The lowest BCUT2D eigenvalue weighted by Gasteiger charge is -2.34. The summed E-state index contributed by atoms with van der Waals surface area (Å²) in [7, 11) is 2.40. The van der Waals surface area contributed by atoms with Gasteiger partial charge in [0.05, 0.1) is 33.4 Å². The van der Waals surface area contributed by atoms with Crippen LogP contribution in [0.2, 0.25) is 38.3 Å². The topological polar surface area (TPSA) is 100 Å². The smallest absolute Gasteiger partial charge is 0.173 e. The number of rotatable bonds is 22. The van der Waals surface area contributed by atoms with Gasteiger partial charge in [0, 0.05) is 13.2 Å². The molecular weight excluding hydrogens is 468 g/mol. The third-order valence-electron chi connectivity index (χ3n) is 5.92. The van der Waals surface area contributed by atoms with Gasteiger partial charge in [-0.15, -0.1) is 0 Å². The second-order valence-corrected chi connectivity index (χ2v) is 20.4. The molecule has 206 valence electrons. The van der Waals surface area contributed by atoms with Gasteiger partial charge in [0.1, 0.15) is 25.3 Å². The minimum absolute atomic E-state index is 0.330. The number of quaternary nitrogens is 1. The first-order valence-electron chi connectivity index (χ1n) is 13.1. The van der Waals surface area contributed by atoms with Crippen molar-refractivity contribution in [2.75, 3.05) is 67.2 Å². The fraction of sp³-hybridized carbons (Fsp3) is 1.00. The molecule has 0 spiro atoms. The predicted molar refractivity (Wildman–Crippen MR) is 145 cm³/mol. The highest BCUT2D eigenvalue weighted by Gasteiger charge is 2.32. The van der Waals surface area contributed by atoms with Crippen LogP contribution in [-0.4, -0.2) is 122 Å². The summed E-state index contributed by atoms with van der Waals surface area (Å²) in [6.45, 7) is 15.1. The molecule has 3 atom stereocenters. The Balaban J connectivity index is 4.06. The van der Waals surface area contributed by atoms with Gasteiger partial charge in [-0.05, 0) is 77.6 Å². The van der Waals surface area contributed by atoms with Gasteiger partial charge in [0.25, 0.3) is 0 Å². The Morgan fingerprint density at radius 2 is 1.26 bits per heavy atom. The van der Waals surface area contributed by atoms with Crippen LogP contribution in [0.4, 0.5) is 0 Å². The molecule has 0 aliphatic heterocycles. The summed E-state index contributed by atoms with van der Waals surface area (Å²) in [4.78, 5) is 0. The van der Waals surface area contributed by atoms with Crippen LogP contribution in [0, 0.1) is 0 Å². The van der Waals surface area contributed by atoms with E-state index >= 15 is 0 Å². The van der Waals surface area contributed by atoms with Gasteiger partial charge in [0.15, 0.2) is 16.6 Å². The minimum atomic E-state index is -1.78. The van der Waals surface area contributed by atoms with E-state index in [0.29, 0.717) is 50.4 Å². The highest BCUT2D eigenvalue weighted by atomic mass is 28.4. The molecule has 0 fully saturated rings. The van der Waals surface area contributed by atoms with Crippen molar-refractivity contribution >= 4 is 16.6 Å². The molecule has 0 aliphatic carbocycles. The maximum absolute atomic E-state index is 10.3. The van der Waals surface area contributed by atoms with Gasteiger partial charge in [0.2, 0.25) is 0 Å². The van der Waals surface area contributed by atoms with E-state index in [1.54, 1.807) is 0 Å². The molecule has 8 nitrogen and oxygen atoms in total. The lowest BCUT2D eigenvalue weighted by atomic mass is 10.2. The van der Waals surface area contributed by atoms with Gasteiger partial charge < -0.3 is 38.7 Å². The second-order valence-electron chi connectivity index (χ2n) is 11.5. The first-order valence-corrected chi connectivity index (χ1v) is 19.3. The minimum Gasteiger partial charge on any atom is -0.455 e. The van der Waals surface area contributed by atoms with E-state index < -0.39 is 28.8 Å². The number of likely N-dealkylation sites (N-methyl/N-ethyl adjacent to an activating group) is 1. The number of ether oxygens (including phenoxy) is 2. The Kier molecular flexibility index (Phi) is 17.6. The number of aliphatic hydroxyl groups excluding tert-OH is 3. The number of hydrogen-bond donors (Lipinski definition) is 4. The molecule has 34 heavy (non-hydrogen) atoms. The summed E-state index contributed by atoms with van der Waals surface area (Å²) in [5, 5.41) is 33.0. The standard InChI is InChI=1S/C24H57N2O6Si2/c1-9-22(27)18-26(3,4)19-24(29)21-31-15-11-17-34(7,8)32-33(5,6)16-10-14-30-20-23(28)12-13-25-2/h22-25,27-29H,9-21H2,1-8H3/q+1. The molecule has 0 saturated heterocycles. The van der Waals surface area contributed by atoms with E-state index in [2.05, 4.69) is 31.5 Å². The highest BCUT2D eigenvalue weighted by molar-refractivity contribution is 6.84. The summed E-state index contributed by atoms with van der Waals surface area (Å²) >= 11 is 0. The monoisotopic (exact) mass is 525 g/mol. The summed E-state index contributed by atoms with van der Waals surface area (Å²) in [5.41, 5.74) is 0. The van der Waals surface area contributed by atoms with Crippen molar-refractivity contribution in [3.63, 3.8) is 0 Å². The molecule has 0 bridgehead atoms. The third-order valence-corrected chi connectivity index (χ3v) is 13.5.